The zero-order chi connectivity index (χ0) is 15.5. The van der Waals surface area contributed by atoms with Gasteiger partial charge in [0.05, 0.1) is 16.7 Å². The molecule has 1 aromatic carbocycles. The topological polar surface area (TPSA) is 31.4 Å². The summed E-state index contributed by atoms with van der Waals surface area (Å²) in [5.41, 5.74) is 1.74. The highest BCUT2D eigenvalue weighted by molar-refractivity contribution is 6.49. The van der Waals surface area contributed by atoms with Crippen molar-refractivity contribution in [2.75, 3.05) is 0 Å². The molecule has 4 heteroatoms. The van der Waals surface area contributed by atoms with Gasteiger partial charge >= 0.3 is 7.12 Å². The van der Waals surface area contributed by atoms with Crippen molar-refractivity contribution in [2.24, 2.45) is 0 Å². The third-order valence-electron chi connectivity index (χ3n) is 5.46. The summed E-state index contributed by atoms with van der Waals surface area (Å²) in [5.74, 6) is 0.883. The van der Waals surface area contributed by atoms with Crippen molar-refractivity contribution in [1.82, 2.24) is 4.98 Å². The Kier molecular flexibility index (Phi) is 2.95. The molecule has 0 radical (unpaired) electrons. The van der Waals surface area contributed by atoms with Gasteiger partial charge in [0.25, 0.3) is 0 Å². The van der Waals surface area contributed by atoms with Crippen molar-refractivity contribution in [2.45, 2.75) is 57.1 Å². The largest absolute Gasteiger partial charge is 0.461 e. The summed E-state index contributed by atoms with van der Waals surface area (Å²) in [5, 5.41) is 1.19. The maximum absolute atomic E-state index is 6.18. The number of hydrogen-bond acceptors (Lipinski definition) is 3. The molecule has 2 heterocycles. The molecule has 1 aliphatic carbocycles. The van der Waals surface area contributed by atoms with E-state index in [1.807, 2.05) is 12.1 Å². The van der Waals surface area contributed by atoms with Gasteiger partial charge in [-0.2, -0.15) is 0 Å². The Bertz CT molecular complexity index is 712. The van der Waals surface area contributed by atoms with Crippen LogP contribution in [0.5, 0.6) is 0 Å². The molecule has 1 saturated carbocycles. The van der Waals surface area contributed by atoms with Gasteiger partial charge in [-0.25, -0.2) is 0 Å². The molecule has 0 bridgehead atoms. The summed E-state index contributed by atoms with van der Waals surface area (Å²) in [4.78, 5) is 4.82. The van der Waals surface area contributed by atoms with Crippen LogP contribution < -0.4 is 0 Å². The maximum Gasteiger partial charge on any atom is 0.461 e. The highest BCUT2D eigenvalue weighted by atomic mass is 16.7. The minimum Gasteiger partial charge on any atom is -0.403 e. The Morgan fingerprint density at radius 2 is 1.68 bits per heavy atom. The first-order valence-corrected chi connectivity index (χ1v) is 8.09. The van der Waals surface area contributed by atoms with Gasteiger partial charge in [0, 0.05) is 22.8 Å². The predicted octanol–water partition coefficient (Wildman–Crippen LogP) is 4.18. The fourth-order valence-electron chi connectivity index (χ4n) is 3.21. The second kappa shape index (κ2) is 4.56. The van der Waals surface area contributed by atoms with Crippen molar-refractivity contribution in [1.29, 1.82) is 0 Å². The summed E-state index contributed by atoms with van der Waals surface area (Å²) in [7, 11) is -0.108. The molecular weight excluding hydrogens is 273 g/mol. The lowest BCUT2D eigenvalue weighted by molar-refractivity contribution is 0.00578. The fraction of sp³-hybridized carbons (Fsp3) is 0.500. The molecule has 0 N–H and O–H groups in total. The van der Waals surface area contributed by atoms with E-state index in [2.05, 4.69) is 52.0 Å². The molecule has 2 aliphatic rings. The van der Waals surface area contributed by atoms with Crippen LogP contribution in [0.15, 0.2) is 36.4 Å². The Balaban J connectivity index is 1.54. The Hall–Kier alpha value is -1.39. The van der Waals surface area contributed by atoms with Crippen LogP contribution >= 0.6 is 0 Å². The SMILES string of the molecule is CC1(C)OB([C@H]2C[C@H]2c2ccc3ccccc3n2)OC1(C)C. The average molecular weight is 295 g/mol. The van der Waals surface area contributed by atoms with Gasteiger partial charge in [-0.15, -0.1) is 0 Å². The van der Waals surface area contributed by atoms with Gasteiger partial charge < -0.3 is 9.31 Å². The van der Waals surface area contributed by atoms with Crippen LogP contribution in [0.2, 0.25) is 5.82 Å². The summed E-state index contributed by atoms with van der Waals surface area (Å²) in [6, 6.07) is 12.6. The predicted molar refractivity (Wildman–Crippen MR) is 88.9 cm³/mol. The first-order valence-electron chi connectivity index (χ1n) is 8.09. The quantitative estimate of drug-likeness (QED) is 0.779. The molecule has 0 spiro atoms. The molecule has 22 heavy (non-hydrogen) atoms. The van der Waals surface area contributed by atoms with E-state index in [0.717, 1.165) is 11.9 Å². The van der Waals surface area contributed by atoms with Gasteiger partial charge in [-0.1, -0.05) is 24.3 Å². The number of benzene rings is 1. The molecule has 1 saturated heterocycles. The van der Waals surface area contributed by atoms with Gasteiger partial charge in [0.2, 0.25) is 0 Å². The third kappa shape index (κ3) is 2.17. The van der Waals surface area contributed by atoms with Crippen molar-refractivity contribution >= 4 is 18.0 Å². The zero-order valence-corrected chi connectivity index (χ0v) is 13.7. The number of para-hydroxylation sites is 1. The van der Waals surface area contributed by atoms with Crippen LogP contribution in [0, 0.1) is 0 Å². The van der Waals surface area contributed by atoms with Gasteiger partial charge in [-0.05, 0) is 46.2 Å². The normalized spacial score (nSPS) is 29.0. The van der Waals surface area contributed by atoms with E-state index in [1.54, 1.807) is 0 Å². The molecule has 2 aromatic rings. The molecule has 0 unspecified atom stereocenters. The number of aromatic nitrogens is 1. The van der Waals surface area contributed by atoms with E-state index in [9.17, 15) is 0 Å². The third-order valence-corrected chi connectivity index (χ3v) is 5.46. The zero-order valence-electron chi connectivity index (χ0n) is 13.7. The lowest BCUT2D eigenvalue weighted by atomic mass is 9.80. The highest BCUT2D eigenvalue weighted by Gasteiger charge is 2.60. The monoisotopic (exact) mass is 295 g/mol. The highest BCUT2D eigenvalue weighted by Crippen LogP contribution is 2.58. The summed E-state index contributed by atoms with van der Waals surface area (Å²) in [6.07, 6.45) is 1.10. The Morgan fingerprint density at radius 3 is 2.41 bits per heavy atom. The molecule has 2 atom stereocenters. The number of fused-ring (bicyclic) bond motifs is 1. The number of nitrogens with zero attached hydrogens (tertiary/aromatic N) is 1. The van der Waals surface area contributed by atoms with Crippen LogP contribution in [-0.4, -0.2) is 23.3 Å². The van der Waals surface area contributed by atoms with Crippen LogP contribution in [0.3, 0.4) is 0 Å². The van der Waals surface area contributed by atoms with Crippen LogP contribution in [0.4, 0.5) is 0 Å². The first kappa shape index (κ1) is 14.2. The molecular formula is C18H22BNO2. The van der Waals surface area contributed by atoms with E-state index in [4.69, 9.17) is 14.3 Å². The van der Waals surface area contributed by atoms with E-state index < -0.39 is 0 Å². The van der Waals surface area contributed by atoms with E-state index >= 15 is 0 Å². The number of hydrogen-bond donors (Lipinski definition) is 0. The van der Waals surface area contributed by atoms with Crippen molar-refractivity contribution in [3.05, 3.63) is 42.1 Å². The first-order chi connectivity index (χ1) is 10.4. The minimum absolute atomic E-state index is 0.108. The van der Waals surface area contributed by atoms with Crippen molar-refractivity contribution < 1.29 is 9.31 Å². The standard InChI is InChI=1S/C18H22BNO2/c1-17(2)18(3,4)22-19(21-17)14-11-13(14)16-10-9-12-7-5-6-8-15(12)20-16/h5-10,13-14H,11H2,1-4H3/t13-,14+/m1/s1. The van der Waals surface area contributed by atoms with Crippen LogP contribution in [0.1, 0.15) is 45.7 Å². The second-order valence-electron chi connectivity index (χ2n) is 7.56. The maximum atomic E-state index is 6.18. The lowest BCUT2D eigenvalue weighted by Crippen LogP contribution is -2.41. The Morgan fingerprint density at radius 1 is 1.00 bits per heavy atom. The van der Waals surface area contributed by atoms with Gasteiger partial charge in [0.15, 0.2) is 0 Å². The van der Waals surface area contributed by atoms with Crippen molar-refractivity contribution in [3.63, 3.8) is 0 Å². The molecule has 0 amide bonds. The molecule has 4 rings (SSSR count). The van der Waals surface area contributed by atoms with Crippen molar-refractivity contribution in [3.8, 4) is 0 Å². The Labute approximate surface area is 132 Å². The van der Waals surface area contributed by atoms with E-state index in [1.165, 1.54) is 11.1 Å². The molecule has 2 fully saturated rings. The second-order valence-corrected chi connectivity index (χ2v) is 7.56. The number of rotatable bonds is 2. The van der Waals surface area contributed by atoms with Gasteiger partial charge in [-0.3, -0.25) is 4.98 Å². The number of pyridine rings is 1. The molecule has 114 valence electrons. The van der Waals surface area contributed by atoms with Crippen LogP contribution in [0.25, 0.3) is 10.9 Å². The molecule has 1 aliphatic heterocycles. The van der Waals surface area contributed by atoms with Crippen LogP contribution in [-0.2, 0) is 9.31 Å². The summed E-state index contributed by atoms with van der Waals surface area (Å²) < 4.78 is 12.4. The van der Waals surface area contributed by atoms with E-state index in [-0.39, 0.29) is 18.3 Å². The fourth-order valence-corrected chi connectivity index (χ4v) is 3.21. The molecule has 3 nitrogen and oxygen atoms in total. The van der Waals surface area contributed by atoms with E-state index in [0.29, 0.717) is 11.7 Å². The molecule has 1 aromatic heterocycles. The van der Waals surface area contributed by atoms with Gasteiger partial charge in [0.1, 0.15) is 0 Å². The minimum atomic E-state index is -0.248. The smallest absolute Gasteiger partial charge is 0.403 e. The average Bonchev–Trinajstić information content (AvgIpc) is 3.22. The summed E-state index contributed by atoms with van der Waals surface area (Å²) in [6.45, 7) is 8.44. The summed E-state index contributed by atoms with van der Waals surface area (Å²) >= 11 is 0. The lowest BCUT2D eigenvalue weighted by Gasteiger charge is -2.32.